The first-order chi connectivity index (χ1) is 23.8. The van der Waals surface area contributed by atoms with Crippen molar-refractivity contribution in [2.24, 2.45) is 0 Å². The molecule has 2 atom stereocenters. The van der Waals surface area contributed by atoms with Gasteiger partial charge in [0.25, 0.3) is 8.32 Å². The van der Waals surface area contributed by atoms with E-state index in [0.717, 1.165) is 16.7 Å². The van der Waals surface area contributed by atoms with E-state index in [1.165, 1.54) is 0 Å². The number of rotatable bonds is 8. The van der Waals surface area contributed by atoms with Gasteiger partial charge in [0, 0.05) is 24.1 Å². The zero-order chi connectivity index (χ0) is 40.2. The van der Waals surface area contributed by atoms with Crippen LogP contribution in [-0.4, -0.2) is 42.1 Å². The van der Waals surface area contributed by atoms with Gasteiger partial charge in [0.1, 0.15) is 39.9 Å². The van der Waals surface area contributed by atoms with E-state index in [0.29, 0.717) is 40.7 Å². The summed E-state index contributed by atoms with van der Waals surface area (Å²) in [7, 11) is -7.28. The van der Waals surface area contributed by atoms with Gasteiger partial charge < -0.3 is 27.5 Å². The van der Waals surface area contributed by atoms with Crippen LogP contribution in [0.4, 0.5) is 0 Å². The van der Waals surface area contributed by atoms with E-state index in [1.54, 1.807) is 0 Å². The Hall–Kier alpha value is -2.80. The van der Waals surface area contributed by atoms with E-state index in [4.69, 9.17) is 27.5 Å². The summed E-state index contributed by atoms with van der Waals surface area (Å²) in [6.45, 7) is 41.1. The van der Waals surface area contributed by atoms with Gasteiger partial charge in [-0.05, 0) is 106 Å². The average Bonchev–Trinajstić information content (AvgIpc) is 3.22. The highest BCUT2D eigenvalue weighted by atomic mass is 28.4. The van der Waals surface area contributed by atoms with Crippen molar-refractivity contribution in [1.29, 1.82) is 0 Å². The molecule has 0 saturated heterocycles. The van der Waals surface area contributed by atoms with Crippen LogP contribution in [0.25, 0.3) is 6.08 Å². The molecule has 0 bridgehead atoms. The summed E-state index contributed by atoms with van der Waals surface area (Å²) < 4.78 is 42.5. The molecule has 0 unspecified atom stereocenters. The third-order valence-corrected chi connectivity index (χ3v) is 25.7. The van der Waals surface area contributed by atoms with Crippen molar-refractivity contribution in [3.8, 4) is 28.7 Å². The fourth-order valence-electron chi connectivity index (χ4n) is 6.13. The number of carbonyl (C=O) groups is 1. The molecule has 292 valence electrons. The summed E-state index contributed by atoms with van der Waals surface area (Å²) in [5.41, 5.74) is 0.840. The van der Waals surface area contributed by atoms with Crippen molar-refractivity contribution in [3.05, 3.63) is 58.7 Å². The van der Waals surface area contributed by atoms with Crippen LogP contribution in [0.3, 0.4) is 0 Å². The van der Waals surface area contributed by atoms with Crippen LogP contribution >= 0.6 is 0 Å². The van der Waals surface area contributed by atoms with E-state index >= 15 is 4.79 Å². The van der Waals surface area contributed by atoms with Crippen molar-refractivity contribution >= 4 is 36.8 Å². The number of carbonyl (C=O) groups excluding carboxylic acids is 1. The molecular formula is C43H66O7Si3. The minimum absolute atomic E-state index is 0.00950. The molecule has 5 rings (SSSR count). The molecule has 0 saturated carbocycles. The van der Waals surface area contributed by atoms with Crippen LogP contribution in [0.5, 0.6) is 28.7 Å². The van der Waals surface area contributed by atoms with E-state index in [1.807, 2.05) is 50.3 Å². The lowest BCUT2D eigenvalue weighted by molar-refractivity contribution is -0.192. The molecular weight excluding hydrogens is 713 g/mol. The number of benzene rings is 2. The summed E-state index contributed by atoms with van der Waals surface area (Å²) in [6.07, 6.45) is 6.50. The number of ether oxygens (including phenoxy) is 3. The fraction of sp³-hybridized carbons (Fsp3) is 0.605. The van der Waals surface area contributed by atoms with Crippen LogP contribution in [0.15, 0.2) is 42.0 Å². The van der Waals surface area contributed by atoms with E-state index in [-0.39, 0.29) is 20.9 Å². The van der Waals surface area contributed by atoms with Crippen LogP contribution in [-0.2, 0) is 10.0 Å². The molecule has 2 aromatic carbocycles. The van der Waals surface area contributed by atoms with Crippen molar-refractivity contribution in [1.82, 2.24) is 0 Å². The van der Waals surface area contributed by atoms with Gasteiger partial charge >= 0.3 is 5.79 Å². The summed E-state index contributed by atoms with van der Waals surface area (Å²) in [4.78, 5) is 15.9. The van der Waals surface area contributed by atoms with Crippen LogP contribution < -0.4 is 23.1 Å². The molecule has 0 aliphatic carbocycles. The van der Waals surface area contributed by atoms with Crippen molar-refractivity contribution < 1.29 is 32.3 Å². The molecule has 2 aromatic rings. The summed E-state index contributed by atoms with van der Waals surface area (Å²) >= 11 is 0. The predicted octanol–water partition coefficient (Wildman–Crippen LogP) is 12.6. The smallest absolute Gasteiger partial charge is 0.311 e. The Bertz CT molecular complexity index is 1860. The molecule has 10 heteroatoms. The Kier molecular flexibility index (Phi) is 9.84. The molecule has 0 N–H and O–H groups in total. The number of Topliss-reactive ketones (excluding diaryl/α,β-unsaturated/α-hetero) is 1. The zero-order valence-electron chi connectivity index (χ0n) is 36.1. The first-order valence-corrected chi connectivity index (χ1v) is 27.9. The standard InChI is InChI=1S/C43H66O7Si3/c1-28(2)22-25-42-31-21-20-29(48-51(14,15)38(3,4)5)26-33(31)46-43(42,50-53(18,19)40(9,10)11)37(44)35-34(45-42)27-32(49-52(16,17)39(6,7)8)30-23-24-41(12,13)47-36(30)35/h20-24,26-27H,25H2,1-19H3/t42-,43+/m1/s1. The average molecular weight is 779 g/mol. The number of hydrogen-bond donors (Lipinski definition) is 0. The van der Waals surface area contributed by atoms with Gasteiger partial charge in [0.15, 0.2) is 8.32 Å². The van der Waals surface area contributed by atoms with Gasteiger partial charge in [-0.25, -0.2) is 0 Å². The summed E-state index contributed by atoms with van der Waals surface area (Å²) in [5, 5.41) is -0.324. The predicted molar refractivity (Wildman–Crippen MR) is 225 cm³/mol. The third kappa shape index (κ3) is 6.99. The summed E-state index contributed by atoms with van der Waals surface area (Å²) in [6, 6.07) is 7.85. The van der Waals surface area contributed by atoms with Crippen LogP contribution in [0, 0.1) is 0 Å². The second-order valence-corrected chi connectivity index (χ2v) is 34.9. The Balaban J connectivity index is 1.85. The van der Waals surface area contributed by atoms with Crippen LogP contribution in [0.2, 0.25) is 54.4 Å². The third-order valence-electron chi connectivity index (χ3n) is 12.6. The number of fused-ring (bicyclic) bond motifs is 6. The molecule has 0 amide bonds. The lowest BCUT2D eigenvalue weighted by Crippen LogP contribution is -2.68. The normalized spacial score (nSPS) is 22.4. The maximum Gasteiger partial charge on any atom is 0.311 e. The minimum atomic E-state index is -2.74. The highest BCUT2D eigenvalue weighted by Gasteiger charge is 2.73. The quantitative estimate of drug-likeness (QED) is 0.195. The highest BCUT2D eigenvalue weighted by Crippen LogP contribution is 2.63. The lowest BCUT2D eigenvalue weighted by Gasteiger charge is -2.51. The van der Waals surface area contributed by atoms with Gasteiger partial charge in [-0.2, -0.15) is 0 Å². The summed E-state index contributed by atoms with van der Waals surface area (Å²) in [5.74, 6) is 0.559. The Morgan fingerprint density at radius 3 is 1.87 bits per heavy atom. The van der Waals surface area contributed by atoms with Crippen molar-refractivity contribution in [2.75, 3.05) is 0 Å². The molecule has 53 heavy (non-hydrogen) atoms. The van der Waals surface area contributed by atoms with Gasteiger partial charge in [0.2, 0.25) is 19.7 Å². The van der Waals surface area contributed by atoms with E-state index in [2.05, 4.69) is 122 Å². The maximum atomic E-state index is 15.9. The molecule has 7 nitrogen and oxygen atoms in total. The largest absolute Gasteiger partial charge is 0.543 e. The first kappa shape index (κ1) is 41.4. The van der Waals surface area contributed by atoms with Crippen molar-refractivity contribution in [3.63, 3.8) is 0 Å². The molecule has 0 aromatic heterocycles. The van der Waals surface area contributed by atoms with Crippen LogP contribution in [0.1, 0.15) is 118 Å². The zero-order valence-corrected chi connectivity index (χ0v) is 39.1. The van der Waals surface area contributed by atoms with Crippen molar-refractivity contribution in [2.45, 2.75) is 168 Å². The lowest BCUT2D eigenvalue weighted by atomic mass is 9.77. The second kappa shape index (κ2) is 12.6. The Labute approximate surface area is 323 Å². The Morgan fingerprint density at radius 1 is 0.755 bits per heavy atom. The highest BCUT2D eigenvalue weighted by molar-refractivity contribution is 6.75. The number of ketones is 1. The fourth-order valence-corrected chi connectivity index (χ4v) is 9.50. The molecule has 0 spiro atoms. The number of allylic oxidation sites excluding steroid dienone is 1. The Morgan fingerprint density at radius 2 is 1.32 bits per heavy atom. The van der Waals surface area contributed by atoms with Gasteiger partial charge in [-0.15, -0.1) is 0 Å². The molecule has 3 aliphatic heterocycles. The first-order valence-electron chi connectivity index (χ1n) is 19.2. The van der Waals surface area contributed by atoms with E-state index in [9.17, 15) is 0 Å². The molecule has 0 radical (unpaired) electrons. The molecule has 3 heterocycles. The second-order valence-electron chi connectivity index (χ2n) is 20.7. The van der Waals surface area contributed by atoms with Gasteiger partial charge in [-0.3, -0.25) is 4.79 Å². The monoisotopic (exact) mass is 778 g/mol. The SMILES string of the molecule is CC(C)=CC[C@]12Oc3cc(O[Si](C)(C)C(C)(C)C)c4c(c3C(=O)[C@@]1(O[Si](C)(C)C(C)(C)C)Oc1cc(O[Si](C)(C)C(C)(C)C)ccc12)OC(C)(C)C=C4. The molecule has 3 aliphatic rings. The van der Waals surface area contributed by atoms with E-state index < -0.39 is 41.9 Å². The molecule has 0 fully saturated rings. The van der Waals surface area contributed by atoms with Gasteiger partial charge in [-0.1, -0.05) is 74.0 Å². The maximum absolute atomic E-state index is 15.9. The van der Waals surface area contributed by atoms with Gasteiger partial charge in [0.05, 0.1) is 5.56 Å². The minimum Gasteiger partial charge on any atom is -0.543 e. The topological polar surface area (TPSA) is 72.5 Å². The number of hydrogen-bond acceptors (Lipinski definition) is 7.